The molecule has 0 heterocycles. The molecule has 0 spiro atoms. The van der Waals surface area contributed by atoms with Gasteiger partial charge in [-0.2, -0.15) is 0 Å². The summed E-state index contributed by atoms with van der Waals surface area (Å²) >= 11 is 0. The highest BCUT2D eigenvalue weighted by Gasteiger charge is 2.16. The molecule has 0 rings (SSSR count). The number of carbonyl (C=O) groups is 1. The fraction of sp³-hybridized carbons (Fsp3) is 0.889. The van der Waals surface area contributed by atoms with Gasteiger partial charge < -0.3 is 10.6 Å². The van der Waals surface area contributed by atoms with Gasteiger partial charge >= 0.3 is 0 Å². The predicted molar refractivity (Wildman–Crippen MR) is 51.0 cm³/mol. The highest BCUT2D eigenvalue weighted by Crippen LogP contribution is 2.10. The molecule has 0 aliphatic heterocycles. The van der Waals surface area contributed by atoms with Crippen LogP contribution in [0.5, 0.6) is 0 Å². The van der Waals surface area contributed by atoms with Gasteiger partial charge in [-0.1, -0.05) is 20.8 Å². The van der Waals surface area contributed by atoms with Crippen LogP contribution in [0.1, 0.15) is 27.2 Å². The van der Waals surface area contributed by atoms with Crippen molar-refractivity contribution in [1.82, 2.24) is 10.6 Å². The Morgan fingerprint density at radius 1 is 1.33 bits per heavy atom. The second kappa shape index (κ2) is 5.14. The lowest BCUT2D eigenvalue weighted by Crippen LogP contribution is -2.39. The molecule has 3 nitrogen and oxygen atoms in total. The first kappa shape index (κ1) is 11.4. The highest BCUT2D eigenvalue weighted by molar-refractivity contribution is 5.75. The summed E-state index contributed by atoms with van der Waals surface area (Å²) in [6.07, 6.45) is 0.565. The van der Waals surface area contributed by atoms with Crippen LogP contribution < -0.4 is 10.6 Å². The lowest BCUT2D eigenvalue weighted by atomic mass is 9.93. The molecule has 0 aromatic rings. The van der Waals surface area contributed by atoms with E-state index in [9.17, 15) is 4.79 Å². The Morgan fingerprint density at radius 3 is 2.33 bits per heavy atom. The molecular weight excluding hydrogens is 152 g/mol. The number of hydrogen-bond acceptors (Lipinski definition) is 2. The molecule has 0 saturated heterocycles. The molecule has 0 atom stereocenters. The van der Waals surface area contributed by atoms with E-state index in [0.29, 0.717) is 6.42 Å². The van der Waals surface area contributed by atoms with E-state index < -0.39 is 0 Å². The van der Waals surface area contributed by atoms with E-state index >= 15 is 0 Å². The van der Waals surface area contributed by atoms with Gasteiger partial charge in [0, 0.05) is 19.5 Å². The average molecular weight is 172 g/mol. The van der Waals surface area contributed by atoms with Crippen LogP contribution in [0.3, 0.4) is 0 Å². The van der Waals surface area contributed by atoms with E-state index in [1.165, 1.54) is 0 Å². The standard InChI is InChI=1S/C9H20N2O/c1-5-8(12)11-7-9(2,3)6-10-4/h10H,5-7H2,1-4H3,(H,11,12). The van der Waals surface area contributed by atoms with E-state index in [4.69, 9.17) is 0 Å². The van der Waals surface area contributed by atoms with Crippen LogP contribution in [0, 0.1) is 5.41 Å². The van der Waals surface area contributed by atoms with Crippen molar-refractivity contribution in [3.63, 3.8) is 0 Å². The molecule has 3 heteroatoms. The zero-order valence-corrected chi connectivity index (χ0v) is 8.53. The van der Waals surface area contributed by atoms with Crippen molar-refractivity contribution >= 4 is 5.91 Å². The lowest BCUT2D eigenvalue weighted by molar-refractivity contribution is -0.121. The van der Waals surface area contributed by atoms with Crippen molar-refractivity contribution in [3.8, 4) is 0 Å². The van der Waals surface area contributed by atoms with Gasteiger partial charge in [-0.05, 0) is 12.5 Å². The summed E-state index contributed by atoms with van der Waals surface area (Å²) in [6.45, 7) is 7.76. The molecule has 0 bridgehead atoms. The number of hydrogen-bond donors (Lipinski definition) is 2. The Labute approximate surface area is 74.9 Å². The third-order valence-corrected chi connectivity index (χ3v) is 1.74. The summed E-state index contributed by atoms with van der Waals surface area (Å²) in [7, 11) is 1.92. The third kappa shape index (κ3) is 5.13. The number of amides is 1. The summed E-state index contributed by atoms with van der Waals surface area (Å²) < 4.78 is 0. The number of carbonyl (C=O) groups excluding carboxylic acids is 1. The number of nitrogens with one attached hydrogen (secondary N) is 2. The van der Waals surface area contributed by atoms with Crippen molar-refractivity contribution in [3.05, 3.63) is 0 Å². The highest BCUT2D eigenvalue weighted by atomic mass is 16.1. The summed E-state index contributed by atoms with van der Waals surface area (Å²) in [6, 6.07) is 0. The molecule has 0 radical (unpaired) electrons. The molecule has 0 aliphatic carbocycles. The Kier molecular flexibility index (Phi) is 4.90. The Bertz CT molecular complexity index is 143. The minimum atomic E-state index is 0.124. The fourth-order valence-electron chi connectivity index (χ4n) is 1.00. The van der Waals surface area contributed by atoms with Gasteiger partial charge in [0.05, 0.1) is 0 Å². The first-order valence-corrected chi connectivity index (χ1v) is 4.43. The molecule has 0 unspecified atom stereocenters. The smallest absolute Gasteiger partial charge is 0.219 e. The van der Waals surface area contributed by atoms with Crippen molar-refractivity contribution in [2.45, 2.75) is 27.2 Å². The average Bonchev–Trinajstić information content (AvgIpc) is 2.00. The summed E-state index contributed by atoms with van der Waals surface area (Å²) in [4.78, 5) is 10.9. The molecule has 0 fully saturated rings. The van der Waals surface area contributed by atoms with Crippen molar-refractivity contribution in [1.29, 1.82) is 0 Å². The van der Waals surface area contributed by atoms with Gasteiger partial charge in [0.2, 0.25) is 5.91 Å². The monoisotopic (exact) mass is 172 g/mol. The topological polar surface area (TPSA) is 41.1 Å². The zero-order chi connectivity index (χ0) is 9.61. The summed E-state index contributed by atoms with van der Waals surface area (Å²) in [5.74, 6) is 0.124. The normalized spacial score (nSPS) is 11.3. The Morgan fingerprint density at radius 2 is 1.92 bits per heavy atom. The van der Waals surface area contributed by atoms with Gasteiger partial charge in [-0.15, -0.1) is 0 Å². The van der Waals surface area contributed by atoms with Gasteiger partial charge in [0.25, 0.3) is 0 Å². The van der Waals surface area contributed by atoms with Gasteiger partial charge in [-0.25, -0.2) is 0 Å². The van der Waals surface area contributed by atoms with Crippen LogP contribution in [0.2, 0.25) is 0 Å². The van der Waals surface area contributed by atoms with E-state index in [1.54, 1.807) is 0 Å². The molecule has 2 N–H and O–H groups in total. The maximum absolute atomic E-state index is 10.9. The molecule has 0 aromatic heterocycles. The molecule has 1 amide bonds. The SMILES string of the molecule is CCC(=O)NCC(C)(C)CNC. The summed E-state index contributed by atoms with van der Waals surface area (Å²) in [5, 5.41) is 5.98. The molecular formula is C9H20N2O. The molecule has 12 heavy (non-hydrogen) atoms. The Balaban J connectivity index is 3.67. The first-order valence-electron chi connectivity index (χ1n) is 4.43. The van der Waals surface area contributed by atoms with Crippen LogP contribution in [0.25, 0.3) is 0 Å². The molecule has 72 valence electrons. The largest absolute Gasteiger partial charge is 0.356 e. The quantitative estimate of drug-likeness (QED) is 0.643. The maximum Gasteiger partial charge on any atom is 0.219 e. The summed E-state index contributed by atoms with van der Waals surface area (Å²) in [5.41, 5.74) is 0.138. The lowest BCUT2D eigenvalue weighted by Gasteiger charge is -2.24. The van der Waals surface area contributed by atoms with E-state index in [-0.39, 0.29) is 11.3 Å². The van der Waals surface area contributed by atoms with Crippen LogP contribution in [0.15, 0.2) is 0 Å². The second-order valence-electron chi connectivity index (χ2n) is 3.82. The molecule has 0 aromatic carbocycles. The second-order valence-corrected chi connectivity index (χ2v) is 3.82. The van der Waals surface area contributed by atoms with Gasteiger partial charge in [-0.3, -0.25) is 4.79 Å². The minimum Gasteiger partial charge on any atom is -0.356 e. The minimum absolute atomic E-state index is 0.124. The van der Waals surface area contributed by atoms with Crippen LogP contribution in [-0.4, -0.2) is 26.0 Å². The van der Waals surface area contributed by atoms with Crippen LogP contribution >= 0.6 is 0 Å². The van der Waals surface area contributed by atoms with Gasteiger partial charge in [0.15, 0.2) is 0 Å². The van der Waals surface area contributed by atoms with E-state index in [0.717, 1.165) is 13.1 Å². The first-order chi connectivity index (χ1) is 5.52. The van der Waals surface area contributed by atoms with Gasteiger partial charge in [0.1, 0.15) is 0 Å². The van der Waals surface area contributed by atoms with Crippen LogP contribution in [-0.2, 0) is 4.79 Å². The van der Waals surface area contributed by atoms with Crippen molar-refractivity contribution < 1.29 is 4.79 Å². The Hall–Kier alpha value is -0.570. The third-order valence-electron chi connectivity index (χ3n) is 1.74. The van der Waals surface area contributed by atoms with Crippen molar-refractivity contribution in [2.24, 2.45) is 5.41 Å². The van der Waals surface area contributed by atoms with Crippen LogP contribution in [0.4, 0.5) is 0 Å². The maximum atomic E-state index is 10.9. The number of rotatable bonds is 5. The predicted octanol–water partition coefficient (Wildman–Crippen LogP) is 0.758. The molecule has 0 aliphatic rings. The molecule has 0 saturated carbocycles. The van der Waals surface area contributed by atoms with Crippen molar-refractivity contribution in [2.75, 3.05) is 20.1 Å². The van der Waals surface area contributed by atoms with E-state index in [2.05, 4.69) is 24.5 Å². The van der Waals surface area contributed by atoms with E-state index in [1.807, 2.05) is 14.0 Å². The zero-order valence-electron chi connectivity index (χ0n) is 8.53. The fourth-order valence-corrected chi connectivity index (χ4v) is 1.00.